The standard InChI is InChI=1S/C6H10N2S/c1-4(2)5-3-8-6(7)9-5/h3-4H,1-2H3,(H2,7,8). The first-order chi connectivity index (χ1) is 4.20. The molecule has 0 saturated heterocycles. The van der Waals surface area contributed by atoms with Crippen LogP contribution in [0.25, 0.3) is 0 Å². The van der Waals surface area contributed by atoms with Gasteiger partial charge in [0.1, 0.15) is 0 Å². The maximum absolute atomic E-state index is 5.42. The van der Waals surface area contributed by atoms with E-state index in [0.717, 1.165) is 0 Å². The summed E-state index contributed by atoms with van der Waals surface area (Å²) in [4.78, 5) is 5.19. The highest BCUT2D eigenvalue weighted by atomic mass is 32.1. The topological polar surface area (TPSA) is 38.9 Å². The van der Waals surface area contributed by atoms with E-state index < -0.39 is 0 Å². The van der Waals surface area contributed by atoms with Gasteiger partial charge < -0.3 is 5.73 Å². The predicted octanol–water partition coefficient (Wildman–Crippen LogP) is 1.85. The molecule has 1 aromatic rings. The number of hydrogen-bond acceptors (Lipinski definition) is 3. The van der Waals surface area contributed by atoms with Gasteiger partial charge in [-0.2, -0.15) is 0 Å². The molecule has 0 atom stereocenters. The van der Waals surface area contributed by atoms with Crippen LogP contribution in [0, 0.1) is 0 Å². The molecule has 0 aliphatic carbocycles. The van der Waals surface area contributed by atoms with E-state index in [2.05, 4.69) is 18.8 Å². The monoisotopic (exact) mass is 142 g/mol. The van der Waals surface area contributed by atoms with Crippen molar-refractivity contribution in [2.24, 2.45) is 0 Å². The maximum atomic E-state index is 5.42. The second kappa shape index (κ2) is 2.35. The van der Waals surface area contributed by atoms with Gasteiger partial charge in [-0.1, -0.05) is 13.8 Å². The van der Waals surface area contributed by atoms with Crippen LogP contribution in [-0.4, -0.2) is 4.98 Å². The SMILES string of the molecule is CC(C)c1cnc(N)s1. The maximum Gasteiger partial charge on any atom is 0.180 e. The molecule has 0 radical (unpaired) electrons. The summed E-state index contributed by atoms with van der Waals surface area (Å²) in [5.41, 5.74) is 5.42. The van der Waals surface area contributed by atoms with E-state index in [9.17, 15) is 0 Å². The second-order valence-corrected chi connectivity index (χ2v) is 3.35. The Bertz CT molecular complexity index is 193. The highest BCUT2D eigenvalue weighted by molar-refractivity contribution is 7.15. The molecular formula is C6H10N2S. The molecule has 0 fully saturated rings. The van der Waals surface area contributed by atoms with Crippen LogP contribution in [-0.2, 0) is 0 Å². The van der Waals surface area contributed by atoms with E-state index in [0.29, 0.717) is 11.0 Å². The quantitative estimate of drug-likeness (QED) is 0.650. The molecule has 1 aromatic heterocycles. The van der Waals surface area contributed by atoms with Crippen molar-refractivity contribution in [2.75, 3.05) is 5.73 Å². The van der Waals surface area contributed by atoms with Crippen LogP contribution in [0.5, 0.6) is 0 Å². The van der Waals surface area contributed by atoms with Crippen molar-refractivity contribution in [3.63, 3.8) is 0 Å². The normalized spacial score (nSPS) is 10.6. The average Bonchev–Trinajstić information content (AvgIpc) is 2.14. The van der Waals surface area contributed by atoms with Crippen LogP contribution in [0.15, 0.2) is 6.20 Å². The Labute approximate surface area is 58.7 Å². The van der Waals surface area contributed by atoms with Gasteiger partial charge in [-0.05, 0) is 5.92 Å². The van der Waals surface area contributed by atoms with Gasteiger partial charge in [0.25, 0.3) is 0 Å². The fourth-order valence-corrected chi connectivity index (χ4v) is 1.26. The number of rotatable bonds is 1. The summed E-state index contributed by atoms with van der Waals surface area (Å²) in [5, 5.41) is 0.665. The molecular weight excluding hydrogens is 132 g/mol. The van der Waals surface area contributed by atoms with Crippen LogP contribution in [0.3, 0.4) is 0 Å². The minimum atomic E-state index is 0.555. The number of nitrogen functional groups attached to an aromatic ring is 1. The fourth-order valence-electron chi connectivity index (χ4n) is 0.568. The Balaban J connectivity index is 2.85. The lowest BCUT2D eigenvalue weighted by Gasteiger charge is -1.94. The molecule has 50 valence electrons. The Morgan fingerprint density at radius 3 is 2.56 bits per heavy atom. The fraction of sp³-hybridized carbons (Fsp3) is 0.500. The summed E-state index contributed by atoms with van der Waals surface area (Å²) in [5.74, 6) is 0.555. The third-order valence-electron chi connectivity index (χ3n) is 1.11. The number of nitrogens with zero attached hydrogens (tertiary/aromatic N) is 1. The van der Waals surface area contributed by atoms with E-state index in [1.165, 1.54) is 4.88 Å². The zero-order valence-corrected chi connectivity index (χ0v) is 6.40. The molecule has 1 rings (SSSR count). The molecule has 1 heterocycles. The van der Waals surface area contributed by atoms with Crippen LogP contribution in [0.1, 0.15) is 24.6 Å². The van der Waals surface area contributed by atoms with E-state index in [-0.39, 0.29) is 0 Å². The van der Waals surface area contributed by atoms with Crippen molar-refractivity contribution in [2.45, 2.75) is 19.8 Å². The Morgan fingerprint density at radius 1 is 1.67 bits per heavy atom. The van der Waals surface area contributed by atoms with Crippen LogP contribution >= 0.6 is 11.3 Å². The summed E-state index contributed by atoms with van der Waals surface area (Å²) in [6, 6.07) is 0. The Kier molecular flexibility index (Phi) is 1.71. The molecule has 0 aromatic carbocycles. The summed E-state index contributed by atoms with van der Waals surface area (Å²) < 4.78 is 0. The lowest BCUT2D eigenvalue weighted by molar-refractivity contribution is 0.885. The molecule has 3 heteroatoms. The molecule has 2 nitrogen and oxygen atoms in total. The number of nitrogens with two attached hydrogens (primary N) is 1. The van der Waals surface area contributed by atoms with Crippen molar-refractivity contribution in [1.82, 2.24) is 4.98 Å². The zero-order chi connectivity index (χ0) is 6.85. The minimum Gasteiger partial charge on any atom is -0.375 e. The summed E-state index contributed by atoms with van der Waals surface area (Å²) in [7, 11) is 0. The molecule has 0 aliphatic heterocycles. The number of anilines is 1. The van der Waals surface area contributed by atoms with Gasteiger partial charge in [0.05, 0.1) is 0 Å². The molecule has 0 aliphatic rings. The third-order valence-corrected chi connectivity index (χ3v) is 2.24. The highest BCUT2D eigenvalue weighted by Gasteiger charge is 2.01. The first-order valence-corrected chi connectivity index (χ1v) is 3.73. The second-order valence-electron chi connectivity index (χ2n) is 2.26. The van der Waals surface area contributed by atoms with Gasteiger partial charge in [-0.3, -0.25) is 0 Å². The molecule has 0 spiro atoms. The van der Waals surface area contributed by atoms with Crippen molar-refractivity contribution >= 4 is 16.5 Å². The van der Waals surface area contributed by atoms with E-state index in [4.69, 9.17) is 5.73 Å². The van der Waals surface area contributed by atoms with Gasteiger partial charge in [0.2, 0.25) is 0 Å². The molecule has 9 heavy (non-hydrogen) atoms. The van der Waals surface area contributed by atoms with E-state index >= 15 is 0 Å². The van der Waals surface area contributed by atoms with Crippen molar-refractivity contribution < 1.29 is 0 Å². The molecule has 0 unspecified atom stereocenters. The predicted molar refractivity (Wildman–Crippen MR) is 40.6 cm³/mol. The van der Waals surface area contributed by atoms with Gasteiger partial charge in [-0.15, -0.1) is 11.3 Å². The van der Waals surface area contributed by atoms with Crippen molar-refractivity contribution in [3.8, 4) is 0 Å². The molecule has 0 bridgehead atoms. The summed E-state index contributed by atoms with van der Waals surface area (Å²) in [6.45, 7) is 4.26. The Morgan fingerprint density at radius 2 is 2.33 bits per heavy atom. The molecule has 0 saturated carbocycles. The zero-order valence-electron chi connectivity index (χ0n) is 5.59. The highest BCUT2D eigenvalue weighted by Crippen LogP contribution is 2.22. The lowest BCUT2D eigenvalue weighted by atomic mass is 10.2. The molecule has 0 amide bonds. The molecule has 2 N–H and O–H groups in total. The van der Waals surface area contributed by atoms with Crippen LogP contribution in [0.4, 0.5) is 5.13 Å². The summed E-state index contributed by atoms with van der Waals surface area (Å²) >= 11 is 1.56. The van der Waals surface area contributed by atoms with E-state index in [1.54, 1.807) is 11.3 Å². The number of hydrogen-bond donors (Lipinski definition) is 1. The van der Waals surface area contributed by atoms with Gasteiger partial charge in [-0.25, -0.2) is 4.98 Å². The minimum absolute atomic E-state index is 0.555. The van der Waals surface area contributed by atoms with Crippen molar-refractivity contribution in [3.05, 3.63) is 11.1 Å². The summed E-state index contributed by atoms with van der Waals surface area (Å²) in [6.07, 6.45) is 1.84. The smallest absolute Gasteiger partial charge is 0.180 e. The van der Waals surface area contributed by atoms with Crippen LogP contribution in [0.2, 0.25) is 0 Å². The third kappa shape index (κ3) is 1.42. The van der Waals surface area contributed by atoms with Crippen molar-refractivity contribution in [1.29, 1.82) is 0 Å². The van der Waals surface area contributed by atoms with E-state index in [1.807, 2.05) is 6.20 Å². The van der Waals surface area contributed by atoms with Gasteiger partial charge in [0.15, 0.2) is 5.13 Å². The first-order valence-electron chi connectivity index (χ1n) is 2.91. The van der Waals surface area contributed by atoms with Crippen LogP contribution < -0.4 is 5.73 Å². The number of aromatic nitrogens is 1. The lowest BCUT2D eigenvalue weighted by Crippen LogP contribution is -1.78. The van der Waals surface area contributed by atoms with Gasteiger partial charge >= 0.3 is 0 Å². The number of thiazole rings is 1. The first kappa shape index (κ1) is 6.55. The largest absolute Gasteiger partial charge is 0.375 e. The van der Waals surface area contributed by atoms with Gasteiger partial charge in [0, 0.05) is 11.1 Å². The Hall–Kier alpha value is -0.570. The average molecular weight is 142 g/mol.